The van der Waals surface area contributed by atoms with E-state index in [0.717, 1.165) is 26.1 Å². The maximum atomic E-state index is 11.5. The molecule has 2 atom stereocenters. The predicted molar refractivity (Wildman–Crippen MR) is 61.8 cm³/mol. The number of rotatable bonds is 4. The summed E-state index contributed by atoms with van der Waals surface area (Å²) in [6.07, 6.45) is 1.85. The van der Waals surface area contributed by atoms with Gasteiger partial charge < -0.3 is 20.5 Å². The van der Waals surface area contributed by atoms with Gasteiger partial charge in [0, 0.05) is 19.3 Å². The van der Waals surface area contributed by atoms with Crippen LogP contribution in [0.5, 0.6) is 0 Å². The second kappa shape index (κ2) is 6.44. The van der Waals surface area contributed by atoms with Gasteiger partial charge in [0.2, 0.25) is 0 Å². The first-order valence-corrected chi connectivity index (χ1v) is 5.88. The van der Waals surface area contributed by atoms with Crippen LogP contribution in [0.4, 0.5) is 4.79 Å². The van der Waals surface area contributed by atoms with Gasteiger partial charge in [-0.25, -0.2) is 4.79 Å². The largest absolute Gasteiger partial charge is 0.480 e. The standard InChI is InChI=1S/C11H20N2O4/c1-7(9-3-5-17-6-4-9)12-11(16)13-8(2)10(14)15/h7-9H,3-6H2,1-2H3,(H,14,15)(H2,12,13,16)/t7?,8-/m0/s1. The monoisotopic (exact) mass is 244 g/mol. The highest BCUT2D eigenvalue weighted by Crippen LogP contribution is 2.18. The number of carboxylic acids is 1. The third-order valence-corrected chi connectivity index (χ3v) is 3.05. The molecule has 1 aliphatic heterocycles. The van der Waals surface area contributed by atoms with E-state index in [4.69, 9.17) is 9.84 Å². The van der Waals surface area contributed by atoms with Crippen molar-refractivity contribution in [2.75, 3.05) is 13.2 Å². The summed E-state index contributed by atoms with van der Waals surface area (Å²) in [5.74, 6) is -0.645. The third-order valence-electron chi connectivity index (χ3n) is 3.05. The molecule has 0 aromatic heterocycles. The van der Waals surface area contributed by atoms with Crippen molar-refractivity contribution in [2.45, 2.75) is 38.8 Å². The van der Waals surface area contributed by atoms with E-state index < -0.39 is 18.0 Å². The molecule has 1 unspecified atom stereocenters. The summed E-state index contributed by atoms with van der Waals surface area (Å²) in [4.78, 5) is 22.1. The van der Waals surface area contributed by atoms with Crippen molar-refractivity contribution in [3.8, 4) is 0 Å². The van der Waals surface area contributed by atoms with Crippen LogP contribution in [0.2, 0.25) is 0 Å². The maximum Gasteiger partial charge on any atom is 0.325 e. The first-order valence-electron chi connectivity index (χ1n) is 5.88. The predicted octanol–water partition coefficient (Wildman–Crippen LogP) is 0.574. The van der Waals surface area contributed by atoms with Gasteiger partial charge in [0.15, 0.2) is 0 Å². The second-order valence-electron chi connectivity index (χ2n) is 4.42. The molecule has 6 nitrogen and oxygen atoms in total. The highest BCUT2D eigenvalue weighted by atomic mass is 16.5. The maximum absolute atomic E-state index is 11.5. The summed E-state index contributed by atoms with van der Waals surface area (Å²) in [5.41, 5.74) is 0. The highest BCUT2D eigenvalue weighted by molar-refractivity contribution is 5.82. The van der Waals surface area contributed by atoms with Gasteiger partial charge in [0.05, 0.1) is 0 Å². The molecule has 0 radical (unpaired) electrons. The lowest BCUT2D eigenvalue weighted by Crippen LogP contribution is -2.49. The molecule has 1 aliphatic rings. The van der Waals surface area contributed by atoms with Crippen LogP contribution >= 0.6 is 0 Å². The van der Waals surface area contributed by atoms with Gasteiger partial charge >= 0.3 is 12.0 Å². The first-order chi connectivity index (χ1) is 8.00. The van der Waals surface area contributed by atoms with Gasteiger partial charge in [0.25, 0.3) is 0 Å². The molecule has 3 N–H and O–H groups in total. The number of carbonyl (C=O) groups excluding carboxylic acids is 1. The Bertz CT molecular complexity index is 277. The van der Waals surface area contributed by atoms with Crippen molar-refractivity contribution in [3.63, 3.8) is 0 Å². The third kappa shape index (κ3) is 4.60. The van der Waals surface area contributed by atoms with Crippen LogP contribution in [0.3, 0.4) is 0 Å². The molecule has 1 heterocycles. The fourth-order valence-electron chi connectivity index (χ4n) is 1.84. The van der Waals surface area contributed by atoms with Gasteiger partial charge in [-0.05, 0) is 32.6 Å². The average Bonchev–Trinajstić information content (AvgIpc) is 2.29. The zero-order valence-electron chi connectivity index (χ0n) is 10.2. The average molecular weight is 244 g/mol. The quantitative estimate of drug-likeness (QED) is 0.674. The SMILES string of the molecule is CC(NC(=O)N[C@@H](C)C(=O)O)C1CCOCC1. The minimum absolute atomic E-state index is 0.0277. The molecular formula is C11H20N2O4. The molecule has 0 aromatic carbocycles. The minimum atomic E-state index is -1.04. The lowest BCUT2D eigenvalue weighted by molar-refractivity contribution is -0.138. The summed E-state index contributed by atoms with van der Waals surface area (Å²) in [7, 11) is 0. The molecule has 0 spiro atoms. The first kappa shape index (κ1) is 13.8. The lowest BCUT2D eigenvalue weighted by Gasteiger charge is -2.28. The van der Waals surface area contributed by atoms with E-state index in [9.17, 15) is 9.59 Å². The van der Waals surface area contributed by atoms with Crippen molar-refractivity contribution >= 4 is 12.0 Å². The molecule has 0 saturated carbocycles. The van der Waals surface area contributed by atoms with E-state index in [1.165, 1.54) is 6.92 Å². The van der Waals surface area contributed by atoms with Crippen LogP contribution < -0.4 is 10.6 Å². The zero-order chi connectivity index (χ0) is 12.8. The minimum Gasteiger partial charge on any atom is -0.480 e. The molecule has 1 fully saturated rings. The van der Waals surface area contributed by atoms with Crippen LogP contribution in [-0.2, 0) is 9.53 Å². The van der Waals surface area contributed by atoms with Crippen LogP contribution in [0, 0.1) is 5.92 Å². The Morgan fingerprint density at radius 2 is 1.82 bits per heavy atom. The second-order valence-corrected chi connectivity index (χ2v) is 4.42. The molecule has 98 valence electrons. The van der Waals surface area contributed by atoms with E-state index in [1.54, 1.807) is 0 Å². The molecule has 1 saturated heterocycles. The van der Waals surface area contributed by atoms with Gasteiger partial charge in [0.1, 0.15) is 6.04 Å². The fourth-order valence-corrected chi connectivity index (χ4v) is 1.84. The number of carboxylic acid groups (broad SMARTS) is 1. The molecule has 0 aromatic rings. The number of hydrogen-bond donors (Lipinski definition) is 3. The smallest absolute Gasteiger partial charge is 0.325 e. The Hall–Kier alpha value is -1.30. The normalized spacial score (nSPS) is 20.4. The number of amides is 2. The van der Waals surface area contributed by atoms with Crippen LogP contribution in [0.1, 0.15) is 26.7 Å². The Kier molecular flexibility index (Phi) is 5.21. The van der Waals surface area contributed by atoms with Gasteiger partial charge in [-0.1, -0.05) is 0 Å². The molecule has 2 amide bonds. The molecule has 0 bridgehead atoms. The number of urea groups is 1. The van der Waals surface area contributed by atoms with Crippen LogP contribution in [0.25, 0.3) is 0 Å². The molecule has 1 rings (SSSR count). The van der Waals surface area contributed by atoms with Crippen LogP contribution in [0.15, 0.2) is 0 Å². The van der Waals surface area contributed by atoms with Gasteiger partial charge in [-0.2, -0.15) is 0 Å². The van der Waals surface area contributed by atoms with E-state index in [2.05, 4.69) is 10.6 Å². The summed E-state index contributed by atoms with van der Waals surface area (Å²) < 4.78 is 5.24. The molecule has 0 aliphatic carbocycles. The van der Waals surface area contributed by atoms with E-state index in [0.29, 0.717) is 5.92 Å². The van der Waals surface area contributed by atoms with Gasteiger partial charge in [-0.15, -0.1) is 0 Å². The van der Waals surface area contributed by atoms with E-state index >= 15 is 0 Å². The Labute approximate surface area is 101 Å². The number of carbonyl (C=O) groups is 2. The van der Waals surface area contributed by atoms with Crippen molar-refractivity contribution in [2.24, 2.45) is 5.92 Å². The van der Waals surface area contributed by atoms with Crippen molar-refractivity contribution in [1.82, 2.24) is 10.6 Å². The Morgan fingerprint density at radius 1 is 1.24 bits per heavy atom. The molecular weight excluding hydrogens is 224 g/mol. The summed E-state index contributed by atoms with van der Waals surface area (Å²) in [6.45, 7) is 4.82. The Morgan fingerprint density at radius 3 is 2.35 bits per heavy atom. The van der Waals surface area contributed by atoms with E-state index in [1.807, 2.05) is 6.92 Å². The van der Waals surface area contributed by atoms with Gasteiger partial charge in [-0.3, -0.25) is 4.79 Å². The number of hydrogen-bond acceptors (Lipinski definition) is 3. The summed E-state index contributed by atoms with van der Waals surface area (Å²) >= 11 is 0. The van der Waals surface area contributed by atoms with E-state index in [-0.39, 0.29) is 6.04 Å². The highest BCUT2D eigenvalue weighted by Gasteiger charge is 2.22. The van der Waals surface area contributed by atoms with Crippen LogP contribution in [-0.4, -0.2) is 42.4 Å². The summed E-state index contributed by atoms with van der Waals surface area (Å²) in [6, 6.07) is -1.28. The topological polar surface area (TPSA) is 87.7 Å². The molecule has 6 heteroatoms. The van der Waals surface area contributed by atoms with Crippen molar-refractivity contribution < 1.29 is 19.4 Å². The van der Waals surface area contributed by atoms with Crippen molar-refractivity contribution in [1.29, 1.82) is 0 Å². The lowest BCUT2D eigenvalue weighted by atomic mass is 9.93. The zero-order valence-corrected chi connectivity index (χ0v) is 10.2. The summed E-state index contributed by atoms with van der Waals surface area (Å²) in [5, 5.41) is 13.8. The molecule has 17 heavy (non-hydrogen) atoms. The van der Waals surface area contributed by atoms with Crippen molar-refractivity contribution in [3.05, 3.63) is 0 Å². The number of nitrogens with one attached hydrogen (secondary N) is 2. The number of aliphatic carboxylic acids is 1. The fraction of sp³-hybridized carbons (Fsp3) is 0.818. The Balaban J connectivity index is 2.31. The number of ether oxygens (including phenoxy) is 1.